The largest absolute Gasteiger partial charge is 0.381 e. The molecular formula is C20H26N4O. The summed E-state index contributed by atoms with van der Waals surface area (Å²) in [7, 11) is 2.04. The monoisotopic (exact) mass is 338 g/mol. The summed E-state index contributed by atoms with van der Waals surface area (Å²) in [6, 6.07) is 6.59. The van der Waals surface area contributed by atoms with Crippen molar-refractivity contribution in [1.29, 1.82) is 0 Å². The van der Waals surface area contributed by atoms with Crippen molar-refractivity contribution in [3.63, 3.8) is 0 Å². The molecule has 2 aliphatic rings. The standard InChI is InChI=1S/C20H26N4O/c1-3-4-17(18-12-19(14-5-6-14)24(2)23-18)22-20-11-15(7-9-21-20)16-8-10-25-13-16/h3,7,9,11-12,14,16-17H,1,4-6,8,10,13H2,2H3,(H,21,22)/t16-,17-/m0/s1. The maximum Gasteiger partial charge on any atom is 0.126 e. The van der Waals surface area contributed by atoms with E-state index in [2.05, 4.69) is 35.1 Å². The summed E-state index contributed by atoms with van der Waals surface area (Å²) in [5.74, 6) is 2.08. The van der Waals surface area contributed by atoms with Gasteiger partial charge >= 0.3 is 0 Å². The molecule has 0 radical (unpaired) electrons. The number of nitrogens with zero attached hydrogens (tertiary/aromatic N) is 3. The van der Waals surface area contributed by atoms with Gasteiger partial charge in [0.2, 0.25) is 0 Å². The Morgan fingerprint density at radius 2 is 2.24 bits per heavy atom. The van der Waals surface area contributed by atoms with Crippen LogP contribution in [0.15, 0.2) is 37.1 Å². The summed E-state index contributed by atoms with van der Waals surface area (Å²) in [5.41, 5.74) is 3.71. The van der Waals surface area contributed by atoms with E-state index in [0.717, 1.165) is 37.6 Å². The van der Waals surface area contributed by atoms with Crippen LogP contribution in [0.25, 0.3) is 0 Å². The van der Waals surface area contributed by atoms with Crippen molar-refractivity contribution in [3.8, 4) is 0 Å². The van der Waals surface area contributed by atoms with E-state index >= 15 is 0 Å². The molecule has 2 atom stereocenters. The number of pyridine rings is 1. The van der Waals surface area contributed by atoms with Gasteiger partial charge in [-0.05, 0) is 49.4 Å². The zero-order valence-electron chi connectivity index (χ0n) is 14.8. The molecule has 1 N–H and O–H groups in total. The fourth-order valence-electron chi connectivity index (χ4n) is 3.61. The second-order valence-electron chi connectivity index (χ2n) is 7.15. The average molecular weight is 338 g/mol. The first kappa shape index (κ1) is 16.3. The second kappa shape index (κ2) is 7.00. The first-order valence-corrected chi connectivity index (χ1v) is 9.19. The lowest BCUT2D eigenvalue weighted by molar-refractivity contribution is 0.194. The van der Waals surface area contributed by atoms with Crippen molar-refractivity contribution in [2.75, 3.05) is 18.5 Å². The van der Waals surface area contributed by atoms with Crippen molar-refractivity contribution in [2.45, 2.75) is 43.6 Å². The predicted octanol–water partition coefficient (Wildman–Crippen LogP) is 3.93. The molecule has 2 aromatic heterocycles. The smallest absolute Gasteiger partial charge is 0.126 e. The fraction of sp³-hybridized carbons (Fsp3) is 0.500. The molecule has 25 heavy (non-hydrogen) atoms. The molecule has 1 aliphatic carbocycles. The molecule has 5 nitrogen and oxygen atoms in total. The van der Waals surface area contributed by atoms with E-state index in [1.165, 1.54) is 24.1 Å². The van der Waals surface area contributed by atoms with Gasteiger partial charge in [0.25, 0.3) is 0 Å². The van der Waals surface area contributed by atoms with Gasteiger partial charge in [-0.25, -0.2) is 4.98 Å². The molecule has 2 fully saturated rings. The number of anilines is 1. The molecule has 5 heteroatoms. The van der Waals surface area contributed by atoms with E-state index in [0.29, 0.717) is 11.8 Å². The molecular weight excluding hydrogens is 312 g/mol. The normalized spacial score (nSPS) is 21.2. The molecule has 0 amide bonds. The minimum atomic E-state index is 0.0961. The first-order chi connectivity index (χ1) is 12.2. The second-order valence-corrected chi connectivity index (χ2v) is 7.15. The highest BCUT2D eigenvalue weighted by Crippen LogP contribution is 2.40. The van der Waals surface area contributed by atoms with E-state index in [-0.39, 0.29) is 6.04 Å². The van der Waals surface area contributed by atoms with Gasteiger partial charge in [0.05, 0.1) is 18.3 Å². The molecule has 1 aliphatic heterocycles. The summed E-state index contributed by atoms with van der Waals surface area (Å²) >= 11 is 0. The third kappa shape index (κ3) is 3.61. The number of hydrogen-bond acceptors (Lipinski definition) is 4. The molecule has 0 spiro atoms. The summed E-state index contributed by atoms with van der Waals surface area (Å²) in [4.78, 5) is 4.51. The Kier molecular flexibility index (Phi) is 4.57. The highest BCUT2D eigenvalue weighted by Gasteiger charge is 2.28. The number of hydrogen-bond donors (Lipinski definition) is 1. The Morgan fingerprint density at radius 3 is 2.96 bits per heavy atom. The first-order valence-electron chi connectivity index (χ1n) is 9.19. The van der Waals surface area contributed by atoms with Crippen LogP contribution in [-0.2, 0) is 11.8 Å². The number of aryl methyl sites for hydroxylation is 1. The SMILES string of the molecule is C=CC[C@H](Nc1cc([C@H]2CCOC2)ccn1)c1cc(C2CC2)n(C)n1. The van der Waals surface area contributed by atoms with Gasteiger partial charge in [0, 0.05) is 37.4 Å². The number of aromatic nitrogens is 3. The number of rotatable bonds is 7. The molecule has 0 unspecified atom stereocenters. The molecule has 0 bridgehead atoms. The average Bonchev–Trinajstić information content (AvgIpc) is 3.16. The van der Waals surface area contributed by atoms with Crippen molar-refractivity contribution in [1.82, 2.24) is 14.8 Å². The lowest BCUT2D eigenvalue weighted by Gasteiger charge is -2.17. The van der Waals surface area contributed by atoms with E-state index in [1.807, 2.05) is 24.0 Å². The maximum absolute atomic E-state index is 5.52. The van der Waals surface area contributed by atoms with Crippen molar-refractivity contribution >= 4 is 5.82 Å². The Bertz CT molecular complexity index is 744. The van der Waals surface area contributed by atoms with Crippen LogP contribution in [0.5, 0.6) is 0 Å². The molecule has 3 heterocycles. The predicted molar refractivity (Wildman–Crippen MR) is 98.8 cm³/mol. The Labute approximate surface area is 149 Å². The van der Waals surface area contributed by atoms with Crippen molar-refractivity contribution < 1.29 is 4.74 Å². The van der Waals surface area contributed by atoms with Crippen LogP contribution in [-0.4, -0.2) is 28.0 Å². The molecule has 0 aromatic carbocycles. The van der Waals surface area contributed by atoms with Crippen LogP contribution >= 0.6 is 0 Å². The molecule has 2 aromatic rings. The minimum absolute atomic E-state index is 0.0961. The number of nitrogens with one attached hydrogen (secondary N) is 1. The summed E-state index contributed by atoms with van der Waals surface area (Å²) < 4.78 is 7.55. The van der Waals surface area contributed by atoms with Gasteiger partial charge in [0.1, 0.15) is 5.82 Å². The number of ether oxygens (including phenoxy) is 1. The third-order valence-electron chi connectivity index (χ3n) is 5.20. The van der Waals surface area contributed by atoms with E-state index in [1.54, 1.807) is 0 Å². The van der Waals surface area contributed by atoms with Crippen LogP contribution in [0.1, 0.15) is 60.5 Å². The van der Waals surface area contributed by atoms with Gasteiger partial charge in [-0.3, -0.25) is 4.68 Å². The van der Waals surface area contributed by atoms with Crippen LogP contribution in [0.4, 0.5) is 5.82 Å². The molecule has 4 rings (SSSR count). The van der Waals surface area contributed by atoms with Gasteiger partial charge in [0.15, 0.2) is 0 Å². The Balaban J connectivity index is 1.54. The molecule has 1 saturated carbocycles. The van der Waals surface area contributed by atoms with Gasteiger partial charge in [-0.15, -0.1) is 6.58 Å². The lowest BCUT2D eigenvalue weighted by atomic mass is 9.99. The van der Waals surface area contributed by atoms with E-state index < -0.39 is 0 Å². The minimum Gasteiger partial charge on any atom is -0.381 e. The summed E-state index contributed by atoms with van der Waals surface area (Å²) in [5, 5.41) is 8.31. The molecule has 1 saturated heterocycles. The van der Waals surface area contributed by atoms with E-state index in [4.69, 9.17) is 9.84 Å². The Morgan fingerprint density at radius 1 is 1.36 bits per heavy atom. The zero-order chi connectivity index (χ0) is 17.2. The third-order valence-corrected chi connectivity index (χ3v) is 5.20. The quantitative estimate of drug-likeness (QED) is 0.777. The van der Waals surface area contributed by atoms with Crippen molar-refractivity contribution in [3.05, 3.63) is 54.0 Å². The van der Waals surface area contributed by atoms with Crippen LogP contribution in [0.2, 0.25) is 0 Å². The fourth-order valence-corrected chi connectivity index (χ4v) is 3.61. The highest BCUT2D eigenvalue weighted by molar-refractivity contribution is 5.41. The van der Waals surface area contributed by atoms with Crippen LogP contribution in [0.3, 0.4) is 0 Å². The van der Waals surface area contributed by atoms with Crippen LogP contribution < -0.4 is 5.32 Å². The maximum atomic E-state index is 5.52. The molecule has 132 valence electrons. The lowest BCUT2D eigenvalue weighted by Crippen LogP contribution is -2.12. The van der Waals surface area contributed by atoms with E-state index in [9.17, 15) is 0 Å². The zero-order valence-corrected chi connectivity index (χ0v) is 14.8. The summed E-state index contributed by atoms with van der Waals surface area (Å²) in [6.45, 7) is 5.58. The topological polar surface area (TPSA) is 52.0 Å². The van der Waals surface area contributed by atoms with Gasteiger partial charge in [-0.2, -0.15) is 5.10 Å². The Hall–Kier alpha value is -2.14. The van der Waals surface area contributed by atoms with Crippen LogP contribution in [0, 0.1) is 0 Å². The highest BCUT2D eigenvalue weighted by atomic mass is 16.5. The van der Waals surface area contributed by atoms with Gasteiger partial charge < -0.3 is 10.1 Å². The van der Waals surface area contributed by atoms with Gasteiger partial charge in [-0.1, -0.05) is 6.08 Å². The summed E-state index contributed by atoms with van der Waals surface area (Å²) in [6.07, 6.45) is 8.30. The van der Waals surface area contributed by atoms with Crippen molar-refractivity contribution in [2.24, 2.45) is 7.05 Å².